The van der Waals surface area contributed by atoms with Gasteiger partial charge >= 0.3 is 0 Å². The van der Waals surface area contributed by atoms with Gasteiger partial charge < -0.3 is 19.4 Å². The molecule has 0 unspecified atom stereocenters. The highest BCUT2D eigenvalue weighted by Gasteiger charge is 2.10. The normalized spacial score (nSPS) is 11.6. The largest absolute Gasteiger partial charge is 0.550 e. The third kappa shape index (κ3) is 4.65. The quantitative estimate of drug-likeness (QED) is 0.593. The molecule has 1 heterocycles. The first-order valence-electron chi connectivity index (χ1n) is 8.59. The number of allylic oxidation sites excluding steroid dienone is 1. The zero-order chi connectivity index (χ0) is 19.2. The standard InChI is InChI=1S/C21H21NO4S/c1-25-17-11-10-14(13-18(17)26-2)12-15(6-5-9-20(23)24)21-22-16-7-3-4-8-19(16)27-21/h3-4,7-8,10-13H,5-6,9H2,1-2H3,(H,23,24)/p-1/b15-12+. The van der Waals surface area contributed by atoms with E-state index in [9.17, 15) is 9.90 Å². The van der Waals surface area contributed by atoms with Crippen molar-refractivity contribution in [1.29, 1.82) is 0 Å². The number of para-hydroxylation sites is 1. The maximum absolute atomic E-state index is 10.8. The maximum atomic E-state index is 10.8. The van der Waals surface area contributed by atoms with Gasteiger partial charge in [-0.05, 0) is 60.7 Å². The molecular formula is C21H20NO4S-. The van der Waals surface area contributed by atoms with E-state index in [0.29, 0.717) is 24.3 Å². The van der Waals surface area contributed by atoms with Gasteiger partial charge in [0.1, 0.15) is 5.01 Å². The van der Waals surface area contributed by atoms with Gasteiger partial charge in [-0.15, -0.1) is 11.3 Å². The summed E-state index contributed by atoms with van der Waals surface area (Å²) in [4.78, 5) is 15.5. The molecule has 0 amide bonds. The van der Waals surface area contributed by atoms with Gasteiger partial charge in [-0.2, -0.15) is 0 Å². The number of carbonyl (C=O) groups excluding carboxylic acids is 1. The van der Waals surface area contributed by atoms with Crippen molar-refractivity contribution in [3.63, 3.8) is 0 Å². The van der Waals surface area contributed by atoms with Crippen molar-refractivity contribution in [2.75, 3.05) is 14.2 Å². The Morgan fingerprint density at radius 2 is 1.89 bits per heavy atom. The van der Waals surface area contributed by atoms with E-state index in [-0.39, 0.29) is 6.42 Å². The van der Waals surface area contributed by atoms with E-state index in [2.05, 4.69) is 0 Å². The van der Waals surface area contributed by atoms with Gasteiger partial charge in [0.15, 0.2) is 11.5 Å². The number of methoxy groups -OCH3 is 2. The third-order valence-electron chi connectivity index (χ3n) is 4.14. The Kier molecular flexibility index (Phi) is 6.08. The second-order valence-electron chi connectivity index (χ2n) is 6.00. The van der Waals surface area contributed by atoms with Crippen LogP contribution in [0.1, 0.15) is 29.8 Å². The van der Waals surface area contributed by atoms with Crippen molar-refractivity contribution in [3.8, 4) is 11.5 Å². The molecule has 3 aromatic rings. The number of hydrogen-bond acceptors (Lipinski definition) is 6. The summed E-state index contributed by atoms with van der Waals surface area (Å²) in [7, 11) is 3.19. The Bertz CT molecular complexity index is 944. The van der Waals surface area contributed by atoms with Gasteiger partial charge in [0.05, 0.1) is 24.4 Å². The van der Waals surface area contributed by atoms with Crippen LogP contribution < -0.4 is 14.6 Å². The summed E-state index contributed by atoms with van der Waals surface area (Å²) >= 11 is 1.60. The van der Waals surface area contributed by atoms with Crippen LogP contribution in [0.2, 0.25) is 0 Å². The summed E-state index contributed by atoms with van der Waals surface area (Å²) in [5, 5.41) is 11.7. The van der Waals surface area contributed by atoms with Crippen LogP contribution >= 0.6 is 11.3 Å². The number of carboxylic acids is 1. The Morgan fingerprint density at radius 1 is 1.11 bits per heavy atom. The van der Waals surface area contributed by atoms with Crippen molar-refractivity contribution in [2.24, 2.45) is 0 Å². The first-order chi connectivity index (χ1) is 13.1. The molecule has 0 fully saturated rings. The molecule has 0 aliphatic rings. The predicted octanol–water partition coefficient (Wildman–Crippen LogP) is 3.77. The molecule has 0 atom stereocenters. The van der Waals surface area contributed by atoms with Gasteiger partial charge in [0.2, 0.25) is 0 Å². The number of fused-ring (bicyclic) bond motifs is 1. The minimum Gasteiger partial charge on any atom is -0.550 e. The molecule has 0 radical (unpaired) electrons. The smallest absolute Gasteiger partial charge is 0.161 e. The lowest BCUT2D eigenvalue weighted by Gasteiger charge is -2.09. The lowest BCUT2D eigenvalue weighted by molar-refractivity contribution is -0.305. The second kappa shape index (κ2) is 8.68. The number of rotatable bonds is 8. The molecule has 0 saturated heterocycles. The fraction of sp³-hybridized carbons (Fsp3) is 0.238. The van der Waals surface area contributed by atoms with Crippen molar-refractivity contribution in [2.45, 2.75) is 19.3 Å². The lowest BCUT2D eigenvalue weighted by Crippen LogP contribution is -2.21. The number of carboxylic acid groups (broad SMARTS) is 1. The van der Waals surface area contributed by atoms with E-state index in [1.54, 1.807) is 25.6 Å². The van der Waals surface area contributed by atoms with Crippen LogP contribution in [-0.2, 0) is 4.79 Å². The molecule has 1 aromatic heterocycles. The number of benzene rings is 2. The van der Waals surface area contributed by atoms with Crippen LogP contribution in [0.25, 0.3) is 21.9 Å². The first kappa shape index (κ1) is 18.9. The molecule has 3 rings (SSSR count). The number of aliphatic carboxylic acids is 1. The number of thiazole rings is 1. The fourth-order valence-electron chi connectivity index (χ4n) is 2.82. The summed E-state index contributed by atoms with van der Waals surface area (Å²) in [6.45, 7) is 0. The molecule has 2 aromatic carbocycles. The maximum Gasteiger partial charge on any atom is 0.161 e. The molecule has 0 N–H and O–H groups in total. The predicted molar refractivity (Wildman–Crippen MR) is 106 cm³/mol. The number of ether oxygens (including phenoxy) is 2. The van der Waals surface area contributed by atoms with Crippen LogP contribution in [0, 0.1) is 0 Å². The van der Waals surface area contributed by atoms with Crippen LogP contribution in [0.3, 0.4) is 0 Å². The van der Waals surface area contributed by atoms with Gasteiger partial charge in [0.25, 0.3) is 0 Å². The number of carbonyl (C=O) groups is 1. The topological polar surface area (TPSA) is 71.5 Å². The Morgan fingerprint density at radius 3 is 2.59 bits per heavy atom. The SMILES string of the molecule is COc1ccc(/C=C(\CCCC(=O)[O-])c2nc3ccccc3s2)cc1OC. The van der Waals surface area contributed by atoms with Crippen molar-refractivity contribution in [1.82, 2.24) is 4.98 Å². The highest BCUT2D eigenvalue weighted by Crippen LogP contribution is 2.33. The van der Waals surface area contributed by atoms with Crippen molar-refractivity contribution in [3.05, 3.63) is 53.0 Å². The molecule has 0 saturated carbocycles. The van der Waals surface area contributed by atoms with Crippen LogP contribution in [0.4, 0.5) is 0 Å². The Labute approximate surface area is 161 Å². The van der Waals surface area contributed by atoms with Gasteiger partial charge in [-0.3, -0.25) is 0 Å². The molecule has 0 aliphatic carbocycles. The van der Waals surface area contributed by atoms with Crippen LogP contribution in [0.15, 0.2) is 42.5 Å². The van der Waals surface area contributed by atoms with Crippen molar-refractivity contribution < 1.29 is 19.4 Å². The molecule has 0 bridgehead atoms. The molecular weight excluding hydrogens is 362 g/mol. The highest BCUT2D eigenvalue weighted by atomic mass is 32.1. The molecule has 27 heavy (non-hydrogen) atoms. The van der Waals surface area contributed by atoms with Gasteiger partial charge in [0, 0.05) is 5.97 Å². The average molecular weight is 382 g/mol. The van der Waals surface area contributed by atoms with E-state index in [0.717, 1.165) is 26.4 Å². The van der Waals surface area contributed by atoms with E-state index < -0.39 is 5.97 Å². The number of nitrogens with zero attached hydrogens (tertiary/aromatic N) is 1. The fourth-order valence-corrected chi connectivity index (χ4v) is 3.83. The highest BCUT2D eigenvalue weighted by molar-refractivity contribution is 7.19. The van der Waals surface area contributed by atoms with Crippen molar-refractivity contribution >= 4 is 39.2 Å². The third-order valence-corrected chi connectivity index (χ3v) is 5.26. The number of aromatic nitrogens is 1. The minimum atomic E-state index is -1.04. The molecule has 0 spiro atoms. The summed E-state index contributed by atoms with van der Waals surface area (Å²) in [6, 6.07) is 13.6. The Hall–Kier alpha value is -2.86. The summed E-state index contributed by atoms with van der Waals surface area (Å²) in [5.41, 5.74) is 2.87. The average Bonchev–Trinajstić information content (AvgIpc) is 3.11. The summed E-state index contributed by atoms with van der Waals surface area (Å²) in [6.07, 6.45) is 3.14. The van der Waals surface area contributed by atoms with E-state index in [1.165, 1.54) is 0 Å². The van der Waals surface area contributed by atoms with Gasteiger partial charge in [-0.25, -0.2) is 4.98 Å². The van der Waals surface area contributed by atoms with E-state index >= 15 is 0 Å². The van der Waals surface area contributed by atoms with E-state index in [4.69, 9.17) is 14.5 Å². The lowest BCUT2D eigenvalue weighted by atomic mass is 10.0. The van der Waals surface area contributed by atoms with Gasteiger partial charge in [-0.1, -0.05) is 18.2 Å². The monoisotopic (exact) mass is 382 g/mol. The summed E-state index contributed by atoms with van der Waals surface area (Å²) in [5.74, 6) is 0.266. The molecule has 140 valence electrons. The minimum absolute atomic E-state index is 0.0220. The van der Waals surface area contributed by atoms with Crippen LogP contribution in [0.5, 0.6) is 11.5 Å². The zero-order valence-electron chi connectivity index (χ0n) is 15.2. The Balaban J connectivity index is 1.98. The second-order valence-corrected chi connectivity index (χ2v) is 7.03. The molecule has 5 nitrogen and oxygen atoms in total. The number of hydrogen-bond donors (Lipinski definition) is 0. The first-order valence-corrected chi connectivity index (χ1v) is 9.40. The van der Waals surface area contributed by atoms with E-state index in [1.807, 2.05) is 48.5 Å². The zero-order valence-corrected chi connectivity index (χ0v) is 16.0. The molecule has 0 aliphatic heterocycles. The summed E-state index contributed by atoms with van der Waals surface area (Å²) < 4.78 is 11.8. The molecule has 6 heteroatoms. The van der Waals surface area contributed by atoms with Crippen LogP contribution in [-0.4, -0.2) is 25.2 Å².